The van der Waals surface area contributed by atoms with E-state index in [0.29, 0.717) is 37.8 Å². The maximum absolute atomic E-state index is 13.6. The van der Waals surface area contributed by atoms with Crippen LogP contribution >= 0.6 is 0 Å². The van der Waals surface area contributed by atoms with Crippen LogP contribution in [-0.4, -0.2) is 65.3 Å². The Morgan fingerprint density at radius 1 is 1.17 bits per heavy atom. The van der Waals surface area contributed by atoms with E-state index in [1.807, 2.05) is 16.7 Å². The minimum atomic E-state index is -0.408. The molecule has 3 amide bonds. The third-order valence-electron chi connectivity index (χ3n) is 6.15. The van der Waals surface area contributed by atoms with E-state index in [2.05, 4.69) is 33.0 Å². The monoisotopic (exact) mass is 408 g/mol. The molecule has 4 atom stereocenters. The molecule has 166 valence electrons. The van der Waals surface area contributed by atoms with E-state index in [1.165, 1.54) is 0 Å². The summed E-state index contributed by atoms with van der Waals surface area (Å²) in [6.07, 6.45) is 3.42. The van der Waals surface area contributed by atoms with Crippen molar-refractivity contribution < 1.29 is 14.4 Å². The van der Waals surface area contributed by atoms with Crippen molar-refractivity contribution >= 4 is 17.7 Å². The number of likely N-dealkylation sites (tertiary alicyclic amines) is 1. The molecule has 29 heavy (non-hydrogen) atoms. The van der Waals surface area contributed by atoms with Gasteiger partial charge in [-0.1, -0.05) is 27.7 Å². The fourth-order valence-electron chi connectivity index (χ4n) is 4.79. The van der Waals surface area contributed by atoms with Gasteiger partial charge in [-0.25, -0.2) is 0 Å². The Bertz CT molecular complexity index is 593. The number of nitrogens with two attached hydrogens (primary N) is 1. The van der Waals surface area contributed by atoms with Gasteiger partial charge in [0.25, 0.3) is 0 Å². The van der Waals surface area contributed by atoms with Crippen LogP contribution in [0, 0.1) is 17.8 Å². The molecule has 0 aromatic carbocycles. The largest absolute Gasteiger partial charge is 0.370 e. The number of nitrogens with zero attached hydrogens (tertiary/aromatic N) is 2. The highest BCUT2D eigenvalue weighted by atomic mass is 16.2. The number of primary amides is 1. The average molecular weight is 409 g/mol. The summed E-state index contributed by atoms with van der Waals surface area (Å²) in [5.41, 5.74) is 5.36. The Morgan fingerprint density at radius 2 is 1.86 bits per heavy atom. The van der Waals surface area contributed by atoms with E-state index in [4.69, 9.17) is 5.73 Å². The lowest BCUT2D eigenvalue weighted by atomic mass is 9.87. The van der Waals surface area contributed by atoms with Crippen LogP contribution in [0.25, 0.3) is 0 Å². The topological polar surface area (TPSA) is 95.7 Å². The molecule has 2 heterocycles. The van der Waals surface area contributed by atoms with Crippen molar-refractivity contribution in [3.05, 3.63) is 0 Å². The molecule has 2 unspecified atom stereocenters. The summed E-state index contributed by atoms with van der Waals surface area (Å²) in [5.74, 6) is 0.814. The van der Waals surface area contributed by atoms with Crippen LogP contribution in [0.1, 0.15) is 66.7 Å². The lowest BCUT2D eigenvalue weighted by Crippen LogP contribution is -2.62. The van der Waals surface area contributed by atoms with Crippen LogP contribution in [0.3, 0.4) is 0 Å². The second kappa shape index (κ2) is 10.4. The highest BCUT2D eigenvalue weighted by Gasteiger charge is 2.40. The van der Waals surface area contributed by atoms with Gasteiger partial charge in [0.15, 0.2) is 0 Å². The molecule has 2 aliphatic rings. The van der Waals surface area contributed by atoms with Gasteiger partial charge in [0.1, 0.15) is 6.04 Å². The highest BCUT2D eigenvalue weighted by molar-refractivity contribution is 5.90. The van der Waals surface area contributed by atoms with Crippen molar-refractivity contribution in [1.29, 1.82) is 0 Å². The number of piperazine rings is 1. The molecule has 0 radical (unpaired) electrons. The first-order valence-electron chi connectivity index (χ1n) is 11.2. The van der Waals surface area contributed by atoms with Crippen LogP contribution in [-0.2, 0) is 14.4 Å². The van der Waals surface area contributed by atoms with Crippen molar-refractivity contribution in [2.45, 2.75) is 84.8 Å². The van der Waals surface area contributed by atoms with Gasteiger partial charge in [-0.3, -0.25) is 14.4 Å². The zero-order valence-electron chi connectivity index (χ0n) is 18.8. The van der Waals surface area contributed by atoms with E-state index < -0.39 is 6.04 Å². The van der Waals surface area contributed by atoms with Crippen molar-refractivity contribution in [3.8, 4) is 0 Å². The minimum absolute atomic E-state index is 0.0553. The standard InChI is InChI=1S/C22H40N4O3/c1-14(2)10-18-21(28)26(9-7-24-18)19(11-15(3)4)22(29)25-8-6-17(12-16(25)5)13-20(23)27/h14-19,24H,6-13H2,1-5H3,(H2,23,27)/t16-,17-,18?,19?/m0/s1. The predicted octanol–water partition coefficient (Wildman–Crippen LogP) is 1.75. The van der Waals surface area contributed by atoms with Gasteiger partial charge in [0.05, 0.1) is 6.04 Å². The van der Waals surface area contributed by atoms with Crippen LogP contribution in [0.15, 0.2) is 0 Å². The maximum Gasteiger partial charge on any atom is 0.245 e. The van der Waals surface area contributed by atoms with E-state index in [9.17, 15) is 14.4 Å². The van der Waals surface area contributed by atoms with Crippen LogP contribution < -0.4 is 11.1 Å². The number of piperidine rings is 1. The summed E-state index contributed by atoms with van der Waals surface area (Å²) >= 11 is 0. The fraction of sp³-hybridized carbons (Fsp3) is 0.864. The molecular formula is C22H40N4O3. The van der Waals surface area contributed by atoms with Crippen LogP contribution in [0.4, 0.5) is 0 Å². The molecule has 2 aliphatic heterocycles. The van der Waals surface area contributed by atoms with Crippen molar-refractivity contribution in [2.24, 2.45) is 23.5 Å². The Morgan fingerprint density at radius 3 is 2.41 bits per heavy atom. The van der Waals surface area contributed by atoms with Gasteiger partial charge in [-0.15, -0.1) is 0 Å². The molecule has 7 nitrogen and oxygen atoms in total. The van der Waals surface area contributed by atoms with Gasteiger partial charge >= 0.3 is 0 Å². The van der Waals surface area contributed by atoms with Crippen molar-refractivity contribution in [1.82, 2.24) is 15.1 Å². The number of rotatable bonds is 8. The van der Waals surface area contributed by atoms with Crippen molar-refractivity contribution in [3.63, 3.8) is 0 Å². The smallest absolute Gasteiger partial charge is 0.245 e. The minimum Gasteiger partial charge on any atom is -0.370 e. The quantitative estimate of drug-likeness (QED) is 0.640. The fourth-order valence-corrected chi connectivity index (χ4v) is 4.79. The molecule has 3 N–H and O–H groups in total. The van der Waals surface area contributed by atoms with Gasteiger partial charge in [0.2, 0.25) is 17.7 Å². The lowest BCUT2D eigenvalue weighted by Gasteiger charge is -2.44. The molecule has 7 heteroatoms. The van der Waals surface area contributed by atoms with Gasteiger partial charge in [-0.2, -0.15) is 0 Å². The summed E-state index contributed by atoms with van der Waals surface area (Å²) in [7, 11) is 0. The number of hydrogen-bond donors (Lipinski definition) is 2. The molecule has 2 rings (SSSR count). The zero-order valence-corrected chi connectivity index (χ0v) is 18.8. The Balaban J connectivity index is 2.14. The van der Waals surface area contributed by atoms with Gasteiger partial charge < -0.3 is 20.9 Å². The molecule has 2 saturated heterocycles. The number of amides is 3. The number of hydrogen-bond acceptors (Lipinski definition) is 4. The van der Waals surface area contributed by atoms with Gasteiger partial charge in [-0.05, 0) is 50.4 Å². The molecular weight excluding hydrogens is 368 g/mol. The van der Waals surface area contributed by atoms with Crippen molar-refractivity contribution in [2.75, 3.05) is 19.6 Å². The average Bonchev–Trinajstić information content (AvgIpc) is 2.60. The summed E-state index contributed by atoms with van der Waals surface area (Å²) in [5, 5.41) is 3.33. The molecule has 0 aromatic rings. The first-order chi connectivity index (χ1) is 13.6. The summed E-state index contributed by atoms with van der Waals surface area (Å²) in [6.45, 7) is 12.4. The van der Waals surface area contributed by atoms with E-state index >= 15 is 0 Å². The molecule has 0 spiro atoms. The molecule has 0 saturated carbocycles. The van der Waals surface area contributed by atoms with Gasteiger partial charge in [0, 0.05) is 32.1 Å². The Hall–Kier alpha value is -1.63. The molecule has 0 aliphatic carbocycles. The van der Waals surface area contributed by atoms with Crippen LogP contribution in [0.5, 0.6) is 0 Å². The second-order valence-electron chi connectivity index (χ2n) is 9.75. The van der Waals surface area contributed by atoms with E-state index in [1.54, 1.807) is 0 Å². The predicted molar refractivity (Wildman–Crippen MR) is 114 cm³/mol. The maximum atomic E-state index is 13.6. The first-order valence-corrected chi connectivity index (χ1v) is 11.2. The second-order valence-corrected chi connectivity index (χ2v) is 9.75. The SMILES string of the molecule is CC(C)CC1NCCN(C(CC(C)C)C(=O)N2CC[C@H](CC(N)=O)C[C@@H]2C)C1=O. The molecule has 2 fully saturated rings. The Labute approximate surface area is 175 Å². The highest BCUT2D eigenvalue weighted by Crippen LogP contribution is 2.28. The molecule has 0 bridgehead atoms. The summed E-state index contributed by atoms with van der Waals surface area (Å²) in [4.78, 5) is 41.7. The van der Waals surface area contributed by atoms with E-state index in [0.717, 1.165) is 25.8 Å². The first kappa shape index (κ1) is 23.6. The number of carbonyl (C=O) groups is 3. The normalized spacial score (nSPS) is 26.9. The molecule has 0 aromatic heterocycles. The lowest BCUT2D eigenvalue weighted by molar-refractivity contribution is -0.152. The third-order valence-corrected chi connectivity index (χ3v) is 6.15. The van der Waals surface area contributed by atoms with Crippen LogP contribution in [0.2, 0.25) is 0 Å². The number of nitrogens with one attached hydrogen (secondary N) is 1. The summed E-state index contributed by atoms with van der Waals surface area (Å²) in [6, 6.07) is -0.556. The van der Waals surface area contributed by atoms with E-state index in [-0.39, 0.29) is 35.7 Å². The zero-order chi connectivity index (χ0) is 21.7. The number of carbonyl (C=O) groups excluding carboxylic acids is 3. The summed E-state index contributed by atoms with van der Waals surface area (Å²) < 4.78 is 0. The Kier molecular flexibility index (Phi) is 8.49. The third kappa shape index (κ3) is 6.43.